The average molecular weight is 1150 g/mol. The van der Waals surface area contributed by atoms with Gasteiger partial charge >= 0.3 is 0 Å². The van der Waals surface area contributed by atoms with Crippen LogP contribution in [0, 0.1) is 5.92 Å². The average Bonchev–Trinajstić information content (AvgIpc) is 4.03. The third-order valence-electron chi connectivity index (χ3n) is 15.7. The summed E-state index contributed by atoms with van der Waals surface area (Å²) < 4.78 is 28.7. The molecule has 2 fully saturated rings. The van der Waals surface area contributed by atoms with Crippen LogP contribution in [0.25, 0.3) is 11.1 Å². The second-order valence-electron chi connectivity index (χ2n) is 21.4. The number of likely N-dealkylation sites (tertiary alicyclic amines) is 1. The summed E-state index contributed by atoms with van der Waals surface area (Å²) in [6.07, 6.45) is 6.54. The summed E-state index contributed by atoms with van der Waals surface area (Å²) in [5.74, 6) is -1.19. The molecule has 0 bridgehead atoms. The lowest BCUT2D eigenvalue weighted by Gasteiger charge is -2.36. The fraction of sp³-hybridized carbons (Fsp3) is 0.448. The largest absolute Gasteiger partial charge is 0.508 e. The Morgan fingerprint density at radius 3 is 1.77 bits per heavy atom. The van der Waals surface area contributed by atoms with Crippen LogP contribution in [0.2, 0.25) is 0 Å². The van der Waals surface area contributed by atoms with Gasteiger partial charge in [0.05, 0.1) is 58.8 Å². The fourth-order valence-electron chi connectivity index (χ4n) is 10.9. The highest BCUT2D eigenvalue weighted by atomic mass is 16.6. The smallest absolute Gasteiger partial charge is 0.248 e. The molecule has 5 amide bonds. The maximum atomic E-state index is 14.5. The van der Waals surface area contributed by atoms with Gasteiger partial charge in [0.1, 0.15) is 42.8 Å². The van der Waals surface area contributed by atoms with Crippen molar-refractivity contribution in [1.82, 2.24) is 31.1 Å². The van der Waals surface area contributed by atoms with Crippen LogP contribution in [0.1, 0.15) is 98.9 Å². The summed E-state index contributed by atoms with van der Waals surface area (Å²) in [7, 11) is 3.42. The maximum absolute atomic E-state index is 14.5. The summed E-state index contributed by atoms with van der Waals surface area (Å²) in [5.41, 5.74) is 7.12. The highest BCUT2D eigenvalue weighted by Crippen LogP contribution is 2.36. The lowest BCUT2D eigenvalue weighted by Crippen LogP contribution is -2.59. The number of nitrogens with zero attached hydrogens (tertiary/aromatic N) is 2. The van der Waals surface area contributed by atoms with Gasteiger partial charge in [0.15, 0.2) is 0 Å². The lowest BCUT2D eigenvalue weighted by atomic mass is 9.83. The van der Waals surface area contributed by atoms with E-state index < -0.39 is 41.9 Å². The van der Waals surface area contributed by atoms with Crippen molar-refractivity contribution in [3.63, 3.8) is 0 Å². The SMILES string of the molecule is CCC(=C(c1ccc(O)cc1)c1ccc(OCCN(C)C(=O)COCCOCCOCCOCCNC(=O)C(NC(=O)C2CCCN2C(=O)C(NC(=O)C(C)NC)C2CCCCC2)C(c2ccccc2)c2ccccc2)cc1)c1ccccc1. The molecule has 7 rings (SSSR count). The summed E-state index contributed by atoms with van der Waals surface area (Å²) in [4.78, 5) is 72.6. The molecular formula is C67H86N6O11. The van der Waals surface area contributed by atoms with E-state index in [4.69, 9.17) is 23.7 Å². The predicted octanol–water partition coefficient (Wildman–Crippen LogP) is 7.76. The van der Waals surface area contributed by atoms with Crippen molar-refractivity contribution in [3.05, 3.63) is 167 Å². The van der Waals surface area contributed by atoms with E-state index in [1.807, 2.05) is 115 Å². The minimum absolute atomic E-state index is 0.0307. The molecule has 5 N–H and O–H groups in total. The van der Waals surface area contributed by atoms with Gasteiger partial charge in [0.25, 0.3) is 0 Å². The van der Waals surface area contributed by atoms with Crippen molar-refractivity contribution in [2.75, 3.05) is 93.2 Å². The van der Waals surface area contributed by atoms with Crippen LogP contribution in [-0.2, 0) is 42.9 Å². The zero-order valence-electron chi connectivity index (χ0n) is 49.3. The number of allylic oxidation sites excluding steroid dienone is 1. The number of phenols is 1. The topological polar surface area (TPSA) is 206 Å². The number of phenolic OH excluding ortho intramolecular Hbond substituents is 1. The van der Waals surface area contributed by atoms with Crippen LogP contribution < -0.4 is 26.0 Å². The number of aromatic hydroxyl groups is 1. The Labute approximate surface area is 495 Å². The molecule has 1 aliphatic carbocycles. The van der Waals surface area contributed by atoms with Crippen molar-refractivity contribution < 1.29 is 52.8 Å². The van der Waals surface area contributed by atoms with E-state index in [1.165, 1.54) is 5.57 Å². The van der Waals surface area contributed by atoms with Gasteiger partial charge in [-0.05, 0) is 115 Å². The number of amides is 5. The standard InChI is InChI=1S/C67H86N6O11/c1-5-57(49-19-10-6-11-20-49)60(52-28-32-55(74)33-29-52)53-30-34-56(35-31-53)84-40-38-72(4)59(75)47-83-46-45-82-44-43-81-42-41-80-39-36-69-66(78)63(61(50-21-12-7-13-22-50)51-23-14-8-15-24-51)71-65(77)58-27-18-37-73(58)67(79)62(54-25-16-9-17-26-54)70-64(76)48(2)68-3/h6-8,10-15,19-24,28-35,48,54,58,61-63,68,74H,5,9,16-18,25-27,36-47H2,1-4H3,(H,69,78)(H,70,76)(H,71,77). The van der Waals surface area contributed by atoms with Crippen LogP contribution in [-0.4, -0.2) is 162 Å². The van der Waals surface area contributed by atoms with E-state index in [0.717, 1.165) is 71.9 Å². The van der Waals surface area contributed by atoms with Crippen LogP contribution in [0.4, 0.5) is 0 Å². The molecule has 1 saturated heterocycles. The van der Waals surface area contributed by atoms with E-state index in [9.17, 15) is 29.1 Å². The fourth-order valence-corrected chi connectivity index (χ4v) is 10.9. The van der Waals surface area contributed by atoms with E-state index in [1.54, 1.807) is 43.0 Å². The number of ether oxygens (including phenoxy) is 5. The number of carbonyl (C=O) groups is 5. The molecule has 1 heterocycles. The molecule has 4 unspecified atom stereocenters. The third kappa shape index (κ3) is 19.1. The Morgan fingerprint density at radius 2 is 1.19 bits per heavy atom. The molecule has 5 aromatic carbocycles. The number of likely N-dealkylation sites (N-methyl/N-ethyl adjacent to an activating group) is 2. The molecule has 1 saturated carbocycles. The minimum Gasteiger partial charge on any atom is -0.508 e. The molecule has 84 heavy (non-hydrogen) atoms. The number of hydrogen-bond donors (Lipinski definition) is 5. The first-order valence-corrected chi connectivity index (χ1v) is 29.8. The summed E-state index contributed by atoms with van der Waals surface area (Å²) in [5, 5.41) is 22.1. The first kappa shape index (κ1) is 64.2. The summed E-state index contributed by atoms with van der Waals surface area (Å²) >= 11 is 0. The van der Waals surface area contributed by atoms with Crippen molar-refractivity contribution in [1.29, 1.82) is 0 Å². The Morgan fingerprint density at radius 1 is 0.631 bits per heavy atom. The number of benzene rings is 5. The molecule has 4 atom stereocenters. The molecule has 17 heteroatoms. The van der Waals surface area contributed by atoms with Gasteiger partial charge in [-0.3, -0.25) is 24.0 Å². The van der Waals surface area contributed by atoms with Crippen LogP contribution in [0.3, 0.4) is 0 Å². The van der Waals surface area contributed by atoms with Gasteiger partial charge < -0.3 is 59.9 Å². The van der Waals surface area contributed by atoms with Crippen molar-refractivity contribution in [2.24, 2.45) is 5.92 Å². The second kappa shape index (κ2) is 34.4. The van der Waals surface area contributed by atoms with Crippen molar-refractivity contribution >= 4 is 40.7 Å². The van der Waals surface area contributed by atoms with E-state index in [2.05, 4.69) is 40.3 Å². The molecule has 0 aromatic heterocycles. The van der Waals surface area contributed by atoms with E-state index in [-0.39, 0.29) is 69.0 Å². The molecule has 1 aliphatic heterocycles. The highest BCUT2D eigenvalue weighted by molar-refractivity contribution is 5.99. The van der Waals surface area contributed by atoms with Crippen molar-refractivity contribution in [2.45, 2.75) is 95.3 Å². The van der Waals surface area contributed by atoms with Gasteiger partial charge in [-0.2, -0.15) is 0 Å². The maximum Gasteiger partial charge on any atom is 0.248 e. The third-order valence-corrected chi connectivity index (χ3v) is 15.7. The number of nitrogens with one attached hydrogen (secondary N) is 4. The van der Waals surface area contributed by atoms with Crippen LogP contribution in [0.5, 0.6) is 11.5 Å². The zero-order chi connectivity index (χ0) is 59.5. The Kier molecular flexibility index (Phi) is 26.3. The molecular weight excluding hydrogens is 1060 g/mol. The molecule has 17 nitrogen and oxygen atoms in total. The quantitative estimate of drug-likeness (QED) is 0.0202. The monoisotopic (exact) mass is 1150 g/mol. The molecule has 0 radical (unpaired) electrons. The summed E-state index contributed by atoms with van der Waals surface area (Å²) in [6, 6.07) is 41.6. The van der Waals surface area contributed by atoms with E-state index >= 15 is 0 Å². The van der Waals surface area contributed by atoms with Gasteiger partial charge in [-0.25, -0.2) is 0 Å². The van der Waals surface area contributed by atoms with Crippen molar-refractivity contribution in [3.8, 4) is 11.5 Å². The van der Waals surface area contributed by atoms with Gasteiger partial charge in [0, 0.05) is 26.1 Å². The molecule has 450 valence electrons. The second-order valence-corrected chi connectivity index (χ2v) is 21.4. The van der Waals surface area contributed by atoms with Gasteiger partial charge in [-0.15, -0.1) is 0 Å². The van der Waals surface area contributed by atoms with Gasteiger partial charge in [0.2, 0.25) is 29.5 Å². The normalized spacial score (nSPS) is 15.8. The van der Waals surface area contributed by atoms with Gasteiger partial charge in [-0.1, -0.05) is 141 Å². The zero-order valence-corrected chi connectivity index (χ0v) is 49.3. The number of hydrogen-bond acceptors (Lipinski definition) is 12. The van der Waals surface area contributed by atoms with Crippen LogP contribution >= 0.6 is 0 Å². The summed E-state index contributed by atoms with van der Waals surface area (Å²) in [6.45, 7) is 6.98. The minimum atomic E-state index is -1.04. The highest BCUT2D eigenvalue weighted by Gasteiger charge is 2.43. The number of carbonyl (C=O) groups excluding carboxylic acids is 5. The number of rotatable bonds is 33. The predicted molar refractivity (Wildman–Crippen MR) is 325 cm³/mol. The Bertz CT molecular complexity index is 2800. The Balaban J connectivity index is 0.796. The molecule has 0 spiro atoms. The Hall–Kier alpha value is -7.41. The van der Waals surface area contributed by atoms with Crippen LogP contribution in [0.15, 0.2) is 140 Å². The molecule has 2 aliphatic rings. The lowest BCUT2D eigenvalue weighted by molar-refractivity contribution is -0.143. The first-order valence-electron chi connectivity index (χ1n) is 29.8. The molecule has 5 aromatic rings. The van der Waals surface area contributed by atoms with E-state index in [0.29, 0.717) is 58.1 Å². The first-order chi connectivity index (χ1) is 41.0.